The van der Waals surface area contributed by atoms with Crippen molar-refractivity contribution in [1.29, 1.82) is 0 Å². The number of nitrogens with zero attached hydrogens (tertiary/aromatic N) is 7. The number of aliphatic hydroxyl groups excluding tert-OH is 2. The van der Waals surface area contributed by atoms with Crippen LogP contribution in [0.25, 0.3) is 0 Å². The highest BCUT2D eigenvalue weighted by Crippen LogP contribution is 2.24. The summed E-state index contributed by atoms with van der Waals surface area (Å²) >= 11 is 0. The SMILES string of the molecule is Cn1cc[n+](C)c1N=Nc1ccc(N=Nc2ccc(N(CCO)CCO)cc2)cc1. The molecule has 9 nitrogen and oxygen atoms in total. The molecule has 0 aliphatic heterocycles. The number of rotatable bonds is 9. The summed E-state index contributed by atoms with van der Waals surface area (Å²) in [4.78, 5) is 1.91. The molecule has 3 rings (SSSR count). The van der Waals surface area contributed by atoms with E-state index in [1.54, 1.807) is 0 Å². The van der Waals surface area contributed by atoms with Gasteiger partial charge in [-0.25, -0.2) is 9.13 Å². The van der Waals surface area contributed by atoms with Gasteiger partial charge in [-0.3, -0.25) is 0 Å². The lowest BCUT2D eigenvalue weighted by Crippen LogP contribution is -2.29. The minimum atomic E-state index is 0.0284. The van der Waals surface area contributed by atoms with Crippen molar-refractivity contribution < 1.29 is 14.8 Å². The molecule has 0 atom stereocenters. The van der Waals surface area contributed by atoms with Crippen LogP contribution in [0, 0.1) is 0 Å². The van der Waals surface area contributed by atoms with E-state index in [0.717, 1.165) is 17.3 Å². The highest BCUT2D eigenvalue weighted by atomic mass is 16.3. The molecular formula is C21H26N7O2+. The second-order valence-electron chi connectivity index (χ2n) is 6.69. The fourth-order valence-electron chi connectivity index (χ4n) is 2.87. The van der Waals surface area contributed by atoms with Crippen LogP contribution >= 0.6 is 0 Å². The van der Waals surface area contributed by atoms with E-state index >= 15 is 0 Å². The van der Waals surface area contributed by atoms with Gasteiger partial charge in [0.1, 0.15) is 5.69 Å². The van der Waals surface area contributed by atoms with E-state index in [1.807, 2.05) is 89.1 Å². The molecule has 2 N–H and O–H groups in total. The molecule has 0 aliphatic rings. The van der Waals surface area contributed by atoms with E-state index < -0.39 is 0 Å². The van der Waals surface area contributed by atoms with Crippen LogP contribution in [0.3, 0.4) is 0 Å². The Kier molecular flexibility index (Phi) is 7.36. The van der Waals surface area contributed by atoms with Crippen LogP contribution in [0.5, 0.6) is 0 Å². The third kappa shape index (κ3) is 5.56. The van der Waals surface area contributed by atoms with Crippen LogP contribution in [0.4, 0.5) is 28.7 Å². The third-order valence-corrected chi connectivity index (χ3v) is 4.49. The highest BCUT2D eigenvalue weighted by Gasteiger charge is 2.10. The van der Waals surface area contributed by atoms with Crippen LogP contribution in [-0.2, 0) is 14.1 Å². The second-order valence-corrected chi connectivity index (χ2v) is 6.69. The molecule has 1 aromatic heterocycles. The maximum atomic E-state index is 9.14. The Bertz CT molecular complexity index is 970. The topological polar surface area (TPSA) is 102 Å². The minimum Gasteiger partial charge on any atom is -0.395 e. The number of imidazole rings is 1. The molecule has 0 spiro atoms. The summed E-state index contributed by atoms with van der Waals surface area (Å²) in [6.07, 6.45) is 3.84. The van der Waals surface area contributed by atoms with Gasteiger partial charge >= 0.3 is 5.95 Å². The van der Waals surface area contributed by atoms with Crippen LogP contribution in [0.15, 0.2) is 81.4 Å². The van der Waals surface area contributed by atoms with Crippen LogP contribution in [0.2, 0.25) is 0 Å². The van der Waals surface area contributed by atoms with Gasteiger partial charge in [-0.1, -0.05) is 5.11 Å². The maximum absolute atomic E-state index is 9.14. The summed E-state index contributed by atoms with van der Waals surface area (Å²) in [7, 11) is 3.84. The van der Waals surface area contributed by atoms with E-state index in [0.29, 0.717) is 24.5 Å². The van der Waals surface area contributed by atoms with Crippen molar-refractivity contribution in [3.63, 3.8) is 0 Å². The Balaban J connectivity index is 1.63. The van der Waals surface area contributed by atoms with Gasteiger partial charge in [-0.15, -0.1) is 0 Å². The predicted molar refractivity (Wildman–Crippen MR) is 114 cm³/mol. The largest absolute Gasteiger partial charge is 0.421 e. The van der Waals surface area contributed by atoms with E-state index in [2.05, 4.69) is 20.5 Å². The lowest BCUT2D eigenvalue weighted by Gasteiger charge is -2.22. The summed E-state index contributed by atoms with van der Waals surface area (Å²) in [5, 5.41) is 35.3. The average molecular weight is 408 g/mol. The number of hydrogen-bond donors (Lipinski definition) is 2. The monoisotopic (exact) mass is 408 g/mol. The molecular weight excluding hydrogens is 382 g/mol. The average Bonchev–Trinajstić information content (AvgIpc) is 3.09. The summed E-state index contributed by atoms with van der Waals surface area (Å²) < 4.78 is 3.79. The number of hydrogen-bond acceptors (Lipinski definition) is 7. The number of benzene rings is 2. The maximum Gasteiger partial charge on any atom is 0.421 e. The van der Waals surface area contributed by atoms with Crippen molar-refractivity contribution in [2.24, 2.45) is 34.6 Å². The summed E-state index contributed by atoms with van der Waals surface area (Å²) in [6, 6.07) is 14.8. The van der Waals surface area contributed by atoms with Crippen molar-refractivity contribution in [1.82, 2.24) is 4.57 Å². The Morgan fingerprint density at radius 2 is 1.27 bits per heavy atom. The van der Waals surface area contributed by atoms with Crippen molar-refractivity contribution in [2.75, 3.05) is 31.2 Å². The molecule has 0 amide bonds. The van der Waals surface area contributed by atoms with Crippen molar-refractivity contribution in [3.8, 4) is 0 Å². The number of azo groups is 2. The first kappa shape index (κ1) is 21.3. The van der Waals surface area contributed by atoms with Gasteiger partial charge in [0, 0.05) is 23.9 Å². The first-order valence-corrected chi connectivity index (χ1v) is 9.62. The lowest BCUT2D eigenvalue weighted by molar-refractivity contribution is -0.657. The summed E-state index contributed by atoms with van der Waals surface area (Å²) in [5.74, 6) is 0.749. The Hall–Kier alpha value is -3.43. The number of anilines is 1. The smallest absolute Gasteiger partial charge is 0.395 e. The van der Waals surface area contributed by atoms with Gasteiger partial charge in [-0.05, 0) is 48.5 Å². The van der Waals surface area contributed by atoms with E-state index in [-0.39, 0.29) is 13.2 Å². The number of aliphatic hydroxyl groups is 2. The zero-order valence-corrected chi connectivity index (χ0v) is 17.1. The van der Waals surface area contributed by atoms with Gasteiger partial charge < -0.3 is 15.1 Å². The number of aromatic nitrogens is 2. The zero-order valence-electron chi connectivity index (χ0n) is 17.1. The normalized spacial score (nSPS) is 11.6. The molecule has 9 heteroatoms. The molecule has 0 saturated heterocycles. The van der Waals surface area contributed by atoms with Crippen molar-refractivity contribution in [3.05, 3.63) is 60.9 Å². The molecule has 0 saturated carbocycles. The van der Waals surface area contributed by atoms with Crippen molar-refractivity contribution >= 4 is 28.7 Å². The highest BCUT2D eigenvalue weighted by molar-refractivity contribution is 5.53. The summed E-state index contributed by atoms with van der Waals surface area (Å²) in [6.45, 7) is 0.988. The lowest BCUT2D eigenvalue weighted by atomic mass is 10.2. The Morgan fingerprint density at radius 1 is 0.800 bits per heavy atom. The standard InChI is InChI=1S/C21H26N7O2/c1-26-11-12-27(2)21(26)25-24-18-5-3-17(4-6-18)22-23-19-7-9-20(10-8-19)28(13-15-29)14-16-30/h3-12,29-30H,13-16H2,1-2H3/q+1. The van der Waals surface area contributed by atoms with E-state index in [9.17, 15) is 0 Å². The molecule has 1 heterocycles. The van der Waals surface area contributed by atoms with Gasteiger partial charge in [0.15, 0.2) is 0 Å². The van der Waals surface area contributed by atoms with E-state index in [1.165, 1.54) is 0 Å². The molecule has 0 aliphatic carbocycles. The molecule has 0 radical (unpaired) electrons. The van der Waals surface area contributed by atoms with E-state index in [4.69, 9.17) is 10.2 Å². The number of aryl methyl sites for hydroxylation is 2. The molecule has 2 aromatic carbocycles. The van der Waals surface area contributed by atoms with Gasteiger partial charge in [0.05, 0.1) is 51.1 Å². The fourth-order valence-corrected chi connectivity index (χ4v) is 2.87. The second kappa shape index (κ2) is 10.4. The zero-order chi connectivity index (χ0) is 21.3. The van der Waals surface area contributed by atoms with Crippen molar-refractivity contribution in [2.45, 2.75) is 0 Å². The van der Waals surface area contributed by atoms with Gasteiger partial charge in [-0.2, -0.15) is 10.2 Å². The molecule has 0 bridgehead atoms. The molecule has 30 heavy (non-hydrogen) atoms. The summed E-state index contributed by atoms with van der Waals surface area (Å²) in [5.41, 5.74) is 3.07. The minimum absolute atomic E-state index is 0.0284. The molecule has 0 fully saturated rings. The fraction of sp³-hybridized carbons (Fsp3) is 0.286. The molecule has 3 aromatic rings. The predicted octanol–water partition coefficient (Wildman–Crippen LogP) is 3.47. The first-order chi connectivity index (χ1) is 14.6. The van der Waals surface area contributed by atoms with Crippen LogP contribution in [0.1, 0.15) is 0 Å². The van der Waals surface area contributed by atoms with Crippen LogP contribution < -0.4 is 9.47 Å². The van der Waals surface area contributed by atoms with Gasteiger partial charge in [0.2, 0.25) is 0 Å². The quantitative estimate of drug-likeness (QED) is 0.419. The Labute approximate surface area is 175 Å². The third-order valence-electron chi connectivity index (χ3n) is 4.49. The molecule has 0 unspecified atom stereocenters. The first-order valence-electron chi connectivity index (χ1n) is 9.62. The van der Waals surface area contributed by atoms with Crippen LogP contribution in [-0.4, -0.2) is 41.1 Å². The van der Waals surface area contributed by atoms with Gasteiger partial charge in [0.25, 0.3) is 0 Å². The molecule has 156 valence electrons. The Morgan fingerprint density at radius 3 is 1.70 bits per heavy atom.